The number of carbonyl (C=O) groups is 1. The standard InChI is InChI=1S/C29H31N5O2/c35-28(31-18-7-14-22-10-3-1-4-11-22)24-15-9-19-33(21-24)27-29(36)34(20-23-12-5-2-6-13-23)26-25(32-27)16-8-17-30-26/h1-6,8,10-13,16-17,24H,7,9,14-15,18-21H2,(H,31,35)/t24-/m1/s1. The molecule has 3 heterocycles. The fourth-order valence-electron chi connectivity index (χ4n) is 4.86. The molecular weight excluding hydrogens is 450 g/mol. The largest absolute Gasteiger partial charge is 0.356 e. The van der Waals surface area contributed by atoms with Crippen LogP contribution in [0.4, 0.5) is 5.82 Å². The summed E-state index contributed by atoms with van der Waals surface area (Å²) in [5, 5.41) is 3.10. The minimum atomic E-state index is -0.172. The molecule has 1 aliphatic rings. The summed E-state index contributed by atoms with van der Waals surface area (Å²) in [6.07, 6.45) is 5.18. The number of nitrogens with one attached hydrogen (secondary N) is 1. The van der Waals surface area contributed by atoms with Gasteiger partial charge in [0.05, 0.1) is 12.5 Å². The highest BCUT2D eigenvalue weighted by atomic mass is 16.2. The fourth-order valence-corrected chi connectivity index (χ4v) is 4.86. The van der Waals surface area contributed by atoms with Gasteiger partial charge in [0, 0.05) is 25.8 Å². The van der Waals surface area contributed by atoms with Crippen LogP contribution >= 0.6 is 0 Å². The highest BCUT2D eigenvalue weighted by molar-refractivity contribution is 5.79. The lowest BCUT2D eigenvalue weighted by Gasteiger charge is -2.32. The van der Waals surface area contributed by atoms with Crippen LogP contribution in [0.1, 0.15) is 30.4 Å². The molecule has 1 amide bonds. The number of carbonyl (C=O) groups excluding carboxylic acids is 1. The Balaban J connectivity index is 1.30. The smallest absolute Gasteiger partial charge is 0.295 e. The number of pyridine rings is 1. The van der Waals surface area contributed by atoms with Crippen LogP contribution in [0.5, 0.6) is 0 Å². The van der Waals surface area contributed by atoms with Crippen LogP contribution in [-0.2, 0) is 17.8 Å². The quantitative estimate of drug-likeness (QED) is 0.387. The van der Waals surface area contributed by atoms with Crippen LogP contribution in [0.2, 0.25) is 0 Å². The molecule has 36 heavy (non-hydrogen) atoms. The zero-order valence-corrected chi connectivity index (χ0v) is 20.3. The third kappa shape index (κ3) is 5.46. The van der Waals surface area contributed by atoms with Gasteiger partial charge in [-0.1, -0.05) is 60.7 Å². The highest BCUT2D eigenvalue weighted by Crippen LogP contribution is 2.22. The first kappa shape index (κ1) is 23.7. The molecule has 2 aromatic heterocycles. The first-order valence-corrected chi connectivity index (χ1v) is 12.6. The molecule has 4 aromatic rings. The third-order valence-corrected chi connectivity index (χ3v) is 6.74. The molecule has 0 unspecified atom stereocenters. The summed E-state index contributed by atoms with van der Waals surface area (Å²) in [6, 6.07) is 23.9. The summed E-state index contributed by atoms with van der Waals surface area (Å²) in [6.45, 7) is 2.26. The molecule has 1 aliphatic heterocycles. The Morgan fingerprint density at radius 2 is 1.72 bits per heavy atom. The molecule has 0 aliphatic carbocycles. The lowest BCUT2D eigenvalue weighted by molar-refractivity contribution is -0.125. The number of benzene rings is 2. The number of piperidine rings is 1. The van der Waals surface area contributed by atoms with Gasteiger partial charge in [0.15, 0.2) is 11.5 Å². The van der Waals surface area contributed by atoms with Gasteiger partial charge < -0.3 is 10.2 Å². The number of aryl methyl sites for hydroxylation is 1. The van der Waals surface area contributed by atoms with E-state index in [4.69, 9.17) is 4.98 Å². The van der Waals surface area contributed by atoms with E-state index in [9.17, 15) is 9.59 Å². The SMILES string of the molecule is O=C(NCCCc1ccccc1)[C@@H]1CCCN(c2nc3cccnc3n(Cc3ccccc3)c2=O)C1. The number of amides is 1. The van der Waals surface area contributed by atoms with Crippen LogP contribution in [0.15, 0.2) is 83.8 Å². The fraction of sp³-hybridized carbons (Fsp3) is 0.310. The van der Waals surface area contributed by atoms with E-state index >= 15 is 0 Å². The molecule has 1 atom stereocenters. The third-order valence-electron chi connectivity index (χ3n) is 6.74. The van der Waals surface area contributed by atoms with Gasteiger partial charge in [0.2, 0.25) is 5.91 Å². The summed E-state index contributed by atoms with van der Waals surface area (Å²) >= 11 is 0. The van der Waals surface area contributed by atoms with Crippen molar-refractivity contribution >= 4 is 22.9 Å². The van der Waals surface area contributed by atoms with Crippen molar-refractivity contribution in [3.63, 3.8) is 0 Å². The maximum Gasteiger partial charge on any atom is 0.295 e. The summed E-state index contributed by atoms with van der Waals surface area (Å²) in [7, 11) is 0. The van der Waals surface area contributed by atoms with Gasteiger partial charge in [-0.3, -0.25) is 14.2 Å². The molecule has 0 spiro atoms. The zero-order chi connectivity index (χ0) is 24.7. The van der Waals surface area contributed by atoms with Crippen molar-refractivity contribution in [3.8, 4) is 0 Å². The van der Waals surface area contributed by atoms with Crippen molar-refractivity contribution < 1.29 is 4.79 Å². The minimum Gasteiger partial charge on any atom is -0.356 e. The first-order chi connectivity index (χ1) is 17.7. The second-order valence-electron chi connectivity index (χ2n) is 9.32. The highest BCUT2D eigenvalue weighted by Gasteiger charge is 2.28. The minimum absolute atomic E-state index is 0.0554. The Kier molecular flexibility index (Phi) is 7.36. The van der Waals surface area contributed by atoms with E-state index in [0.29, 0.717) is 43.2 Å². The van der Waals surface area contributed by atoms with E-state index in [-0.39, 0.29) is 17.4 Å². The summed E-state index contributed by atoms with van der Waals surface area (Å²) in [5.41, 5.74) is 3.37. The van der Waals surface area contributed by atoms with E-state index < -0.39 is 0 Å². The van der Waals surface area contributed by atoms with Gasteiger partial charge in [0.25, 0.3) is 5.56 Å². The molecule has 1 N–H and O–H groups in total. The Morgan fingerprint density at radius 3 is 2.50 bits per heavy atom. The number of rotatable bonds is 8. The number of anilines is 1. The predicted octanol–water partition coefficient (Wildman–Crippen LogP) is 3.81. The molecule has 7 nitrogen and oxygen atoms in total. The van der Waals surface area contributed by atoms with E-state index in [1.807, 2.05) is 65.6 Å². The lowest BCUT2D eigenvalue weighted by atomic mass is 9.97. The van der Waals surface area contributed by atoms with Crippen LogP contribution in [-0.4, -0.2) is 40.1 Å². The van der Waals surface area contributed by atoms with Gasteiger partial charge in [0.1, 0.15) is 5.52 Å². The Morgan fingerprint density at radius 1 is 0.972 bits per heavy atom. The predicted molar refractivity (Wildman–Crippen MR) is 142 cm³/mol. The van der Waals surface area contributed by atoms with Crippen molar-refractivity contribution in [1.29, 1.82) is 0 Å². The van der Waals surface area contributed by atoms with Crippen molar-refractivity contribution in [1.82, 2.24) is 19.9 Å². The van der Waals surface area contributed by atoms with Crippen molar-refractivity contribution in [2.24, 2.45) is 5.92 Å². The normalized spacial score (nSPS) is 15.7. The molecule has 0 bridgehead atoms. The maximum atomic E-state index is 13.6. The second-order valence-corrected chi connectivity index (χ2v) is 9.32. The van der Waals surface area contributed by atoms with Gasteiger partial charge >= 0.3 is 0 Å². The molecule has 1 fully saturated rings. The van der Waals surface area contributed by atoms with Gasteiger partial charge in [-0.15, -0.1) is 0 Å². The second kappa shape index (κ2) is 11.2. The van der Waals surface area contributed by atoms with E-state index in [0.717, 1.165) is 31.2 Å². The van der Waals surface area contributed by atoms with E-state index in [1.54, 1.807) is 10.8 Å². The molecule has 5 rings (SSSR count). The lowest BCUT2D eigenvalue weighted by Crippen LogP contribution is -2.46. The van der Waals surface area contributed by atoms with Gasteiger partial charge in [-0.2, -0.15) is 0 Å². The van der Waals surface area contributed by atoms with Crippen molar-refractivity contribution in [2.45, 2.75) is 32.2 Å². The van der Waals surface area contributed by atoms with E-state index in [1.165, 1.54) is 5.56 Å². The Hall–Kier alpha value is -4.00. The number of hydrogen-bond donors (Lipinski definition) is 1. The van der Waals surface area contributed by atoms with Crippen molar-refractivity contribution in [3.05, 3.63) is 100 Å². The topological polar surface area (TPSA) is 80.1 Å². The molecule has 184 valence electrons. The summed E-state index contributed by atoms with van der Waals surface area (Å²) in [5.74, 6) is 0.289. The van der Waals surface area contributed by atoms with Gasteiger partial charge in [-0.25, -0.2) is 9.97 Å². The zero-order valence-electron chi connectivity index (χ0n) is 20.3. The van der Waals surface area contributed by atoms with Gasteiger partial charge in [-0.05, 0) is 48.9 Å². The van der Waals surface area contributed by atoms with Crippen LogP contribution < -0.4 is 15.8 Å². The number of aromatic nitrogens is 3. The van der Waals surface area contributed by atoms with Crippen LogP contribution in [0, 0.1) is 5.92 Å². The Bertz CT molecular complexity index is 1370. The van der Waals surface area contributed by atoms with Crippen LogP contribution in [0.25, 0.3) is 11.2 Å². The van der Waals surface area contributed by atoms with Crippen molar-refractivity contribution in [2.75, 3.05) is 24.5 Å². The van der Waals surface area contributed by atoms with Crippen LogP contribution in [0.3, 0.4) is 0 Å². The average Bonchev–Trinajstić information content (AvgIpc) is 2.93. The molecule has 7 heteroatoms. The number of hydrogen-bond acceptors (Lipinski definition) is 5. The molecule has 2 aromatic carbocycles. The molecule has 1 saturated heterocycles. The average molecular weight is 482 g/mol. The molecule has 0 saturated carbocycles. The maximum absolute atomic E-state index is 13.6. The van der Waals surface area contributed by atoms with E-state index in [2.05, 4.69) is 22.4 Å². The monoisotopic (exact) mass is 481 g/mol. The number of nitrogens with zero attached hydrogens (tertiary/aromatic N) is 4. The summed E-state index contributed by atoms with van der Waals surface area (Å²) < 4.78 is 1.69. The first-order valence-electron chi connectivity index (χ1n) is 12.6. The molecule has 0 radical (unpaired) electrons. The number of fused-ring (bicyclic) bond motifs is 1. The summed E-state index contributed by atoms with van der Waals surface area (Å²) in [4.78, 5) is 37.7. The Labute approximate surface area is 210 Å². The molecular formula is C29H31N5O2.